The van der Waals surface area contributed by atoms with Crippen molar-refractivity contribution in [1.82, 2.24) is 14.9 Å². The fraction of sp³-hybridized carbons (Fsp3) is 0.750. The molecule has 2 rings (SSSR count). The van der Waals surface area contributed by atoms with Crippen LogP contribution in [0.25, 0.3) is 0 Å². The van der Waals surface area contributed by atoms with Crippen molar-refractivity contribution in [2.24, 2.45) is 0 Å². The van der Waals surface area contributed by atoms with Gasteiger partial charge in [0.05, 0.1) is 0 Å². The van der Waals surface area contributed by atoms with Gasteiger partial charge in [0, 0.05) is 44.2 Å². The lowest BCUT2D eigenvalue weighted by molar-refractivity contribution is 0.311. The Kier molecular flexibility index (Phi) is 5.39. The Morgan fingerprint density at radius 3 is 2.38 bits per heavy atom. The number of nitrogens with zero attached hydrogens (tertiary/aromatic N) is 4. The molecular formula is C16H29N5. The number of rotatable bonds is 5. The molecule has 0 saturated carbocycles. The molecule has 0 atom stereocenters. The first-order valence-corrected chi connectivity index (χ1v) is 8.08. The predicted octanol–water partition coefficient (Wildman–Crippen LogP) is 2.48. The van der Waals surface area contributed by atoms with Crippen LogP contribution in [-0.4, -0.2) is 54.6 Å². The number of nitrogens with one attached hydrogen (secondary N) is 1. The molecule has 1 fully saturated rings. The van der Waals surface area contributed by atoms with Gasteiger partial charge in [0.1, 0.15) is 17.5 Å². The minimum atomic E-state index is 0.346. The summed E-state index contributed by atoms with van der Waals surface area (Å²) in [5.41, 5.74) is 1.18. The van der Waals surface area contributed by atoms with E-state index in [4.69, 9.17) is 9.97 Å². The molecule has 1 N–H and O–H groups in total. The van der Waals surface area contributed by atoms with E-state index in [-0.39, 0.29) is 0 Å². The molecular weight excluding hydrogens is 262 g/mol. The fourth-order valence-corrected chi connectivity index (χ4v) is 2.52. The Bertz CT molecular complexity index is 464. The Morgan fingerprint density at radius 1 is 1.14 bits per heavy atom. The molecule has 1 aromatic heterocycles. The van der Waals surface area contributed by atoms with Gasteiger partial charge in [-0.05, 0) is 20.4 Å². The summed E-state index contributed by atoms with van der Waals surface area (Å²) in [6.45, 7) is 13.8. The van der Waals surface area contributed by atoms with E-state index in [2.05, 4.69) is 49.9 Å². The van der Waals surface area contributed by atoms with E-state index in [1.165, 1.54) is 5.56 Å². The highest BCUT2D eigenvalue weighted by Crippen LogP contribution is 2.26. The van der Waals surface area contributed by atoms with E-state index in [0.29, 0.717) is 5.92 Å². The highest BCUT2D eigenvalue weighted by Gasteiger charge is 2.21. The lowest BCUT2D eigenvalue weighted by Gasteiger charge is -2.34. The Hall–Kier alpha value is -1.36. The number of hydrogen-bond acceptors (Lipinski definition) is 5. The molecule has 0 amide bonds. The van der Waals surface area contributed by atoms with Crippen LogP contribution in [0.2, 0.25) is 0 Å². The highest BCUT2D eigenvalue weighted by molar-refractivity contribution is 5.59. The van der Waals surface area contributed by atoms with Gasteiger partial charge in [-0.25, -0.2) is 9.97 Å². The fourth-order valence-electron chi connectivity index (χ4n) is 2.52. The number of hydrogen-bond donors (Lipinski definition) is 1. The average Bonchev–Trinajstić information content (AvgIpc) is 2.47. The first-order chi connectivity index (χ1) is 10.0. The van der Waals surface area contributed by atoms with Crippen molar-refractivity contribution in [2.45, 2.75) is 40.0 Å². The van der Waals surface area contributed by atoms with Gasteiger partial charge in [0.2, 0.25) is 0 Å². The van der Waals surface area contributed by atoms with E-state index in [9.17, 15) is 0 Å². The molecule has 21 heavy (non-hydrogen) atoms. The summed E-state index contributed by atoms with van der Waals surface area (Å²) in [7, 11) is 2.18. The second-order valence-electron chi connectivity index (χ2n) is 6.25. The first kappa shape index (κ1) is 16.0. The van der Waals surface area contributed by atoms with Gasteiger partial charge in [-0.15, -0.1) is 0 Å². The summed E-state index contributed by atoms with van der Waals surface area (Å²) in [6, 6.07) is 0. The summed E-state index contributed by atoms with van der Waals surface area (Å²) in [6.07, 6.45) is 1.10. The zero-order chi connectivity index (χ0) is 15.4. The van der Waals surface area contributed by atoms with Crippen LogP contribution >= 0.6 is 0 Å². The van der Waals surface area contributed by atoms with E-state index in [1.807, 2.05) is 0 Å². The summed E-state index contributed by atoms with van der Waals surface area (Å²) in [5.74, 6) is 3.40. The standard InChI is InChI=1S/C16H29N5/c1-6-7-17-15-13(4)16(19-14(18-15)12(2)3)21-10-8-20(5)9-11-21/h12H,6-11H2,1-5H3,(H,17,18,19). The molecule has 0 aromatic carbocycles. The normalized spacial score (nSPS) is 16.6. The van der Waals surface area contributed by atoms with E-state index >= 15 is 0 Å². The molecule has 1 saturated heterocycles. The van der Waals surface area contributed by atoms with Crippen LogP contribution in [0, 0.1) is 6.92 Å². The van der Waals surface area contributed by atoms with Gasteiger partial charge in [-0.2, -0.15) is 0 Å². The van der Waals surface area contributed by atoms with Crippen molar-refractivity contribution in [1.29, 1.82) is 0 Å². The van der Waals surface area contributed by atoms with E-state index in [0.717, 1.165) is 56.6 Å². The Morgan fingerprint density at radius 2 is 1.81 bits per heavy atom. The minimum absolute atomic E-state index is 0.346. The van der Waals surface area contributed by atoms with Crippen molar-refractivity contribution in [3.05, 3.63) is 11.4 Å². The second-order valence-corrected chi connectivity index (χ2v) is 6.25. The summed E-state index contributed by atoms with van der Waals surface area (Å²) < 4.78 is 0. The van der Waals surface area contributed by atoms with Crippen molar-refractivity contribution < 1.29 is 0 Å². The van der Waals surface area contributed by atoms with Gasteiger partial charge in [0.25, 0.3) is 0 Å². The number of anilines is 2. The molecule has 0 radical (unpaired) electrons. The summed E-state index contributed by atoms with van der Waals surface area (Å²) in [5, 5.41) is 3.46. The summed E-state index contributed by atoms with van der Waals surface area (Å²) in [4.78, 5) is 14.3. The lowest BCUT2D eigenvalue weighted by atomic mass is 10.2. The largest absolute Gasteiger partial charge is 0.370 e. The molecule has 2 heterocycles. The molecule has 1 aliphatic heterocycles. The molecule has 0 aliphatic carbocycles. The second kappa shape index (κ2) is 7.07. The monoisotopic (exact) mass is 291 g/mol. The van der Waals surface area contributed by atoms with Gasteiger partial charge in [-0.1, -0.05) is 20.8 Å². The molecule has 0 spiro atoms. The van der Waals surface area contributed by atoms with Crippen LogP contribution in [0.5, 0.6) is 0 Å². The van der Waals surface area contributed by atoms with Crippen molar-refractivity contribution >= 4 is 11.6 Å². The molecule has 5 nitrogen and oxygen atoms in total. The van der Waals surface area contributed by atoms with Crippen LogP contribution in [0.1, 0.15) is 44.5 Å². The average molecular weight is 291 g/mol. The van der Waals surface area contributed by atoms with Crippen LogP contribution in [0.4, 0.5) is 11.6 Å². The van der Waals surface area contributed by atoms with Crippen LogP contribution in [-0.2, 0) is 0 Å². The van der Waals surface area contributed by atoms with Gasteiger partial charge in [0.15, 0.2) is 0 Å². The highest BCUT2D eigenvalue weighted by atomic mass is 15.3. The molecule has 1 aliphatic rings. The van der Waals surface area contributed by atoms with Crippen molar-refractivity contribution in [3.8, 4) is 0 Å². The van der Waals surface area contributed by atoms with Crippen LogP contribution in [0.15, 0.2) is 0 Å². The Balaban J connectivity index is 2.31. The minimum Gasteiger partial charge on any atom is -0.370 e. The first-order valence-electron chi connectivity index (χ1n) is 8.08. The molecule has 118 valence electrons. The maximum atomic E-state index is 4.85. The maximum Gasteiger partial charge on any atom is 0.137 e. The topological polar surface area (TPSA) is 44.3 Å². The van der Waals surface area contributed by atoms with Crippen LogP contribution < -0.4 is 10.2 Å². The van der Waals surface area contributed by atoms with E-state index < -0.39 is 0 Å². The smallest absolute Gasteiger partial charge is 0.137 e. The zero-order valence-corrected chi connectivity index (χ0v) is 14.1. The third kappa shape index (κ3) is 3.84. The third-order valence-corrected chi connectivity index (χ3v) is 4.00. The van der Waals surface area contributed by atoms with Gasteiger partial charge < -0.3 is 15.1 Å². The number of aromatic nitrogens is 2. The summed E-state index contributed by atoms with van der Waals surface area (Å²) >= 11 is 0. The predicted molar refractivity (Wildman–Crippen MR) is 89.3 cm³/mol. The van der Waals surface area contributed by atoms with Gasteiger partial charge in [-0.3, -0.25) is 0 Å². The lowest BCUT2D eigenvalue weighted by Crippen LogP contribution is -2.45. The Labute approximate surface area is 128 Å². The quantitative estimate of drug-likeness (QED) is 0.903. The number of likely N-dealkylation sites (N-methyl/N-ethyl adjacent to an activating group) is 1. The zero-order valence-electron chi connectivity index (χ0n) is 14.1. The number of piperazine rings is 1. The molecule has 0 bridgehead atoms. The molecule has 1 aromatic rings. The van der Waals surface area contributed by atoms with E-state index in [1.54, 1.807) is 0 Å². The SMILES string of the molecule is CCCNc1nc(C(C)C)nc(N2CCN(C)CC2)c1C. The molecule has 5 heteroatoms. The molecule has 0 unspecified atom stereocenters. The third-order valence-electron chi connectivity index (χ3n) is 4.00. The van der Waals surface area contributed by atoms with Crippen molar-refractivity contribution in [2.75, 3.05) is 50.0 Å². The maximum absolute atomic E-state index is 4.85. The van der Waals surface area contributed by atoms with Crippen LogP contribution in [0.3, 0.4) is 0 Å². The van der Waals surface area contributed by atoms with Crippen molar-refractivity contribution in [3.63, 3.8) is 0 Å². The van der Waals surface area contributed by atoms with Gasteiger partial charge >= 0.3 is 0 Å².